The predicted octanol–water partition coefficient (Wildman–Crippen LogP) is 1.14. The Bertz CT molecular complexity index is 575. The zero-order chi connectivity index (χ0) is 18.0. The number of ether oxygens (including phenoxy) is 2. The van der Waals surface area contributed by atoms with Gasteiger partial charge in [-0.2, -0.15) is 0 Å². The summed E-state index contributed by atoms with van der Waals surface area (Å²) < 4.78 is 10.9. The molecule has 0 spiro atoms. The third-order valence-electron chi connectivity index (χ3n) is 4.84. The van der Waals surface area contributed by atoms with E-state index in [2.05, 4.69) is 49.7 Å². The van der Waals surface area contributed by atoms with Crippen LogP contribution >= 0.6 is 24.0 Å². The zero-order valence-electron chi connectivity index (χ0n) is 16.2. The second-order valence-corrected chi connectivity index (χ2v) is 6.53. The second-order valence-electron chi connectivity index (χ2n) is 6.53. The lowest BCUT2D eigenvalue weighted by Crippen LogP contribution is -2.44. The first-order valence-electron chi connectivity index (χ1n) is 9.52. The molecule has 2 aliphatic rings. The monoisotopic (exact) mass is 489 g/mol. The van der Waals surface area contributed by atoms with Crippen LogP contribution in [0.25, 0.3) is 0 Å². The minimum atomic E-state index is 0. The van der Waals surface area contributed by atoms with Crippen molar-refractivity contribution < 1.29 is 9.47 Å². The molecule has 2 saturated heterocycles. The van der Waals surface area contributed by atoms with Crippen LogP contribution in [0.4, 0.5) is 5.69 Å². The number of rotatable bonds is 6. The molecule has 7 nitrogen and oxygen atoms in total. The van der Waals surface area contributed by atoms with Crippen molar-refractivity contribution in [3.05, 3.63) is 29.8 Å². The van der Waals surface area contributed by atoms with Crippen LogP contribution in [-0.4, -0.2) is 83.6 Å². The molecule has 152 valence electrons. The molecule has 0 amide bonds. The third kappa shape index (κ3) is 7.10. The standard InChI is InChI=1S/C19H31N5O2.HI/c1-20-19(21-6-7-23-8-12-25-13-9-23)22-16-17-4-2-3-5-18(17)24-10-14-26-15-11-24;/h2-5H,6-16H2,1H3,(H2,20,21,22);1H. The van der Waals surface area contributed by atoms with Crippen molar-refractivity contribution in [3.63, 3.8) is 0 Å². The van der Waals surface area contributed by atoms with E-state index in [1.54, 1.807) is 0 Å². The van der Waals surface area contributed by atoms with Gasteiger partial charge in [0.2, 0.25) is 0 Å². The maximum absolute atomic E-state index is 5.47. The summed E-state index contributed by atoms with van der Waals surface area (Å²) in [5.74, 6) is 0.843. The van der Waals surface area contributed by atoms with Crippen LogP contribution in [0.5, 0.6) is 0 Å². The molecule has 0 bridgehead atoms. The van der Waals surface area contributed by atoms with Gasteiger partial charge in [0.1, 0.15) is 0 Å². The number of morpholine rings is 2. The van der Waals surface area contributed by atoms with E-state index in [0.717, 1.165) is 78.2 Å². The Morgan fingerprint density at radius 1 is 1.00 bits per heavy atom. The molecule has 0 unspecified atom stereocenters. The van der Waals surface area contributed by atoms with Crippen molar-refractivity contribution in [2.24, 2.45) is 4.99 Å². The number of benzene rings is 1. The first-order valence-corrected chi connectivity index (χ1v) is 9.52. The minimum absolute atomic E-state index is 0. The van der Waals surface area contributed by atoms with Crippen molar-refractivity contribution in [2.75, 3.05) is 77.6 Å². The Kier molecular flexibility index (Phi) is 10.2. The fraction of sp³-hybridized carbons (Fsp3) is 0.632. The summed E-state index contributed by atoms with van der Waals surface area (Å²) in [5.41, 5.74) is 2.57. The van der Waals surface area contributed by atoms with Gasteiger partial charge in [0.25, 0.3) is 0 Å². The normalized spacial score (nSPS) is 18.7. The van der Waals surface area contributed by atoms with E-state index in [1.165, 1.54) is 11.3 Å². The van der Waals surface area contributed by atoms with Crippen molar-refractivity contribution in [2.45, 2.75) is 6.54 Å². The summed E-state index contributed by atoms with van der Waals surface area (Å²) in [5, 5.41) is 6.85. The molecule has 1 aromatic carbocycles. The summed E-state index contributed by atoms with van der Waals surface area (Å²) >= 11 is 0. The average molecular weight is 489 g/mol. The SMILES string of the molecule is CN=C(NCCN1CCOCC1)NCc1ccccc1N1CCOCC1.I. The molecular weight excluding hydrogens is 457 g/mol. The highest BCUT2D eigenvalue weighted by molar-refractivity contribution is 14.0. The van der Waals surface area contributed by atoms with Gasteiger partial charge in [0, 0.05) is 58.5 Å². The highest BCUT2D eigenvalue weighted by Gasteiger charge is 2.14. The molecule has 2 aliphatic heterocycles. The highest BCUT2D eigenvalue weighted by atomic mass is 127. The lowest BCUT2D eigenvalue weighted by atomic mass is 10.1. The molecule has 0 aliphatic carbocycles. The number of aliphatic imine (C=N–C) groups is 1. The Labute approximate surface area is 179 Å². The topological polar surface area (TPSA) is 61.4 Å². The van der Waals surface area contributed by atoms with E-state index >= 15 is 0 Å². The van der Waals surface area contributed by atoms with Gasteiger partial charge in [-0.3, -0.25) is 9.89 Å². The number of guanidine groups is 1. The fourth-order valence-corrected chi connectivity index (χ4v) is 3.33. The van der Waals surface area contributed by atoms with Crippen LogP contribution in [0.15, 0.2) is 29.3 Å². The van der Waals surface area contributed by atoms with Crippen molar-refractivity contribution in [3.8, 4) is 0 Å². The van der Waals surface area contributed by atoms with E-state index in [0.29, 0.717) is 0 Å². The first kappa shape index (κ1) is 22.2. The van der Waals surface area contributed by atoms with E-state index in [4.69, 9.17) is 9.47 Å². The van der Waals surface area contributed by atoms with Gasteiger partial charge in [-0.05, 0) is 11.6 Å². The van der Waals surface area contributed by atoms with Crippen LogP contribution in [-0.2, 0) is 16.0 Å². The number of nitrogens with one attached hydrogen (secondary N) is 2. The summed E-state index contributed by atoms with van der Waals surface area (Å²) in [4.78, 5) is 9.16. The second kappa shape index (κ2) is 12.4. The summed E-state index contributed by atoms with van der Waals surface area (Å²) in [7, 11) is 1.82. The van der Waals surface area contributed by atoms with Gasteiger partial charge in [0.05, 0.1) is 26.4 Å². The molecule has 0 radical (unpaired) electrons. The van der Waals surface area contributed by atoms with Crippen LogP contribution in [0.2, 0.25) is 0 Å². The molecule has 27 heavy (non-hydrogen) atoms. The third-order valence-corrected chi connectivity index (χ3v) is 4.84. The average Bonchev–Trinajstić information content (AvgIpc) is 2.72. The summed E-state index contributed by atoms with van der Waals surface area (Å²) in [6, 6.07) is 8.56. The fourth-order valence-electron chi connectivity index (χ4n) is 3.33. The van der Waals surface area contributed by atoms with E-state index < -0.39 is 0 Å². The molecule has 2 N–H and O–H groups in total. The van der Waals surface area contributed by atoms with Crippen LogP contribution in [0.1, 0.15) is 5.56 Å². The number of halogens is 1. The van der Waals surface area contributed by atoms with Crippen molar-refractivity contribution >= 4 is 35.6 Å². The quantitative estimate of drug-likeness (QED) is 0.355. The number of hydrogen-bond donors (Lipinski definition) is 2. The Balaban J connectivity index is 0.00000261. The lowest BCUT2D eigenvalue weighted by Gasteiger charge is -2.30. The van der Waals surface area contributed by atoms with Gasteiger partial charge < -0.3 is 25.0 Å². The van der Waals surface area contributed by atoms with E-state index in [-0.39, 0.29) is 24.0 Å². The van der Waals surface area contributed by atoms with E-state index in [1.807, 2.05) is 7.05 Å². The first-order chi connectivity index (χ1) is 12.9. The number of anilines is 1. The smallest absolute Gasteiger partial charge is 0.191 e. The maximum Gasteiger partial charge on any atom is 0.191 e. The largest absolute Gasteiger partial charge is 0.379 e. The number of nitrogens with zero attached hydrogens (tertiary/aromatic N) is 3. The van der Waals surface area contributed by atoms with Crippen LogP contribution in [0, 0.1) is 0 Å². The van der Waals surface area contributed by atoms with Gasteiger partial charge in [0.15, 0.2) is 5.96 Å². The molecule has 0 aromatic heterocycles. The van der Waals surface area contributed by atoms with Crippen molar-refractivity contribution in [1.82, 2.24) is 15.5 Å². The molecule has 2 fully saturated rings. The molecule has 1 aromatic rings. The minimum Gasteiger partial charge on any atom is -0.379 e. The predicted molar refractivity (Wildman–Crippen MR) is 120 cm³/mol. The van der Waals surface area contributed by atoms with Gasteiger partial charge in [-0.1, -0.05) is 18.2 Å². The Hall–Kier alpha value is -1.10. The van der Waals surface area contributed by atoms with Gasteiger partial charge in [-0.15, -0.1) is 24.0 Å². The van der Waals surface area contributed by atoms with Gasteiger partial charge in [-0.25, -0.2) is 0 Å². The lowest BCUT2D eigenvalue weighted by molar-refractivity contribution is 0.0389. The molecular formula is C19H32IN5O2. The van der Waals surface area contributed by atoms with Crippen LogP contribution < -0.4 is 15.5 Å². The zero-order valence-corrected chi connectivity index (χ0v) is 18.5. The van der Waals surface area contributed by atoms with Crippen LogP contribution in [0.3, 0.4) is 0 Å². The Morgan fingerprint density at radius 2 is 1.67 bits per heavy atom. The highest BCUT2D eigenvalue weighted by Crippen LogP contribution is 2.21. The van der Waals surface area contributed by atoms with Crippen molar-refractivity contribution in [1.29, 1.82) is 0 Å². The molecule has 2 heterocycles. The number of hydrogen-bond acceptors (Lipinski definition) is 5. The summed E-state index contributed by atoms with van der Waals surface area (Å²) in [6.07, 6.45) is 0. The number of para-hydroxylation sites is 1. The van der Waals surface area contributed by atoms with Gasteiger partial charge >= 0.3 is 0 Å². The molecule has 0 saturated carbocycles. The molecule has 3 rings (SSSR count). The maximum atomic E-state index is 5.47. The molecule has 8 heteroatoms. The van der Waals surface area contributed by atoms with E-state index in [9.17, 15) is 0 Å². The Morgan fingerprint density at radius 3 is 2.37 bits per heavy atom. The summed E-state index contributed by atoms with van der Waals surface area (Å²) in [6.45, 7) is 9.84. The molecule has 0 atom stereocenters.